The van der Waals surface area contributed by atoms with Gasteiger partial charge in [-0.15, -0.1) is 0 Å². The van der Waals surface area contributed by atoms with E-state index in [4.69, 9.17) is 0 Å². The number of pyridine rings is 2. The summed E-state index contributed by atoms with van der Waals surface area (Å²) in [6.45, 7) is 5.33. The Bertz CT molecular complexity index is 880. The van der Waals surface area contributed by atoms with Crippen LogP contribution in [0.25, 0.3) is 0 Å². The van der Waals surface area contributed by atoms with E-state index in [0.717, 1.165) is 23.6 Å². The molecule has 0 aliphatic heterocycles. The van der Waals surface area contributed by atoms with Crippen molar-refractivity contribution in [2.75, 3.05) is 11.4 Å². The first-order valence-corrected chi connectivity index (χ1v) is 8.65. The van der Waals surface area contributed by atoms with Crippen molar-refractivity contribution in [1.82, 2.24) is 15.3 Å². The number of anilines is 2. The van der Waals surface area contributed by atoms with Gasteiger partial charge in [0.05, 0.1) is 12.2 Å². The van der Waals surface area contributed by atoms with E-state index in [1.54, 1.807) is 12.4 Å². The number of nitrogens with one attached hydrogen (secondary N) is 1. The second-order valence-electron chi connectivity index (χ2n) is 5.99. The summed E-state index contributed by atoms with van der Waals surface area (Å²) in [6.07, 6.45) is 3.38. The maximum Gasteiger partial charge on any atom is 0.270 e. The molecule has 0 bridgehead atoms. The average Bonchev–Trinajstić information content (AvgIpc) is 2.68. The predicted molar refractivity (Wildman–Crippen MR) is 104 cm³/mol. The normalized spacial score (nSPS) is 10.4. The summed E-state index contributed by atoms with van der Waals surface area (Å²) >= 11 is 0. The number of carbonyl (C=O) groups excluding carboxylic acids is 1. The molecule has 0 unspecified atom stereocenters. The molecule has 0 radical (unpaired) electrons. The maximum atomic E-state index is 12.5. The van der Waals surface area contributed by atoms with Crippen LogP contribution in [-0.4, -0.2) is 22.4 Å². The number of nitrogens with zero attached hydrogens (tertiary/aromatic N) is 3. The van der Waals surface area contributed by atoms with Gasteiger partial charge in [-0.2, -0.15) is 0 Å². The molecule has 26 heavy (non-hydrogen) atoms. The van der Waals surface area contributed by atoms with Crippen LogP contribution in [0.1, 0.15) is 28.7 Å². The lowest BCUT2D eigenvalue weighted by atomic mass is 10.2. The molecule has 0 saturated heterocycles. The van der Waals surface area contributed by atoms with Gasteiger partial charge in [-0.1, -0.05) is 18.2 Å². The zero-order valence-electron chi connectivity index (χ0n) is 15.0. The monoisotopic (exact) mass is 346 g/mol. The SMILES string of the molecule is CCN(c1cccc(C)c1)c1ccnc(C(=O)NCc2ccccn2)c1. The van der Waals surface area contributed by atoms with E-state index in [2.05, 4.69) is 52.2 Å². The largest absolute Gasteiger partial charge is 0.345 e. The van der Waals surface area contributed by atoms with Gasteiger partial charge < -0.3 is 10.2 Å². The molecule has 3 rings (SSSR count). The van der Waals surface area contributed by atoms with Gasteiger partial charge >= 0.3 is 0 Å². The van der Waals surface area contributed by atoms with Crippen molar-refractivity contribution in [1.29, 1.82) is 0 Å². The topological polar surface area (TPSA) is 58.1 Å². The van der Waals surface area contributed by atoms with Gasteiger partial charge in [-0.05, 0) is 55.8 Å². The molecule has 1 N–H and O–H groups in total. The number of aromatic nitrogens is 2. The number of aryl methyl sites for hydroxylation is 1. The standard InChI is InChI=1S/C21H22N4O/c1-3-25(18-9-6-7-16(2)13-18)19-10-12-23-20(14-19)21(26)24-15-17-8-4-5-11-22-17/h4-14H,3,15H2,1-2H3,(H,24,26). The average molecular weight is 346 g/mol. The van der Waals surface area contributed by atoms with Crippen molar-refractivity contribution in [3.63, 3.8) is 0 Å². The zero-order valence-corrected chi connectivity index (χ0v) is 15.0. The maximum absolute atomic E-state index is 12.5. The van der Waals surface area contributed by atoms with Crippen molar-refractivity contribution in [3.8, 4) is 0 Å². The second kappa shape index (κ2) is 8.25. The fourth-order valence-electron chi connectivity index (χ4n) is 2.79. The Balaban J connectivity index is 1.77. The van der Waals surface area contributed by atoms with Crippen molar-refractivity contribution in [2.45, 2.75) is 20.4 Å². The highest BCUT2D eigenvalue weighted by Crippen LogP contribution is 2.25. The second-order valence-corrected chi connectivity index (χ2v) is 5.99. The molecule has 1 aromatic carbocycles. The minimum atomic E-state index is -0.210. The fourth-order valence-corrected chi connectivity index (χ4v) is 2.79. The smallest absolute Gasteiger partial charge is 0.270 e. The lowest BCUT2D eigenvalue weighted by Crippen LogP contribution is -2.25. The van der Waals surface area contributed by atoms with E-state index in [0.29, 0.717) is 12.2 Å². The minimum absolute atomic E-state index is 0.210. The third kappa shape index (κ3) is 4.25. The zero-order chi connectivity index (χ0) is 18.4. The number of carbonyl (C=O) groups is 1. The highest BCUT2D eigenvalue weighted by atomic mass is 16.1. The Kier molecular flexibility index (Phi) is 5.59. The highest BCUT2D eigenvalue weighted by molar-refractivity contribution is 5.93. The number of benzene rings is 1. The molecule has 2 aromatic heterocycles. The predicted octanol–water partition coefficient (Wildman–Crippen LogP) is 3.87. The number of hydrogen-bond acceptors (Lipinski definition) is 4. The molecular formula is C21H22N4O. The van der Waals surface area contributed by atoms with Crippen LogP contribution in [0.3, 0.4) is 0 Å². The summed E-state index contributed by atoms with van der Waals surface area (Å²) < 4.78 is 0. The molecule has 0 saturated carbocycles. The molecule has 0 spiro atoms. The lowest BCUT2D eigenvalue weighted by molar-refractivity contribution is 0.0945. The third-order valence-electron chi connectivity index (χ3n) is 4.07. The van der Waals surface area contributed by atoms with Crippen LogP contribution in [0.2, 0.25) is 0 Å². The van der Waals surface area contributed by atoms with E-state index >= 15 is 0 Å². The van der Waals surface area contributed by atoms with Gasteiger partial charge in [0.15, 0.2) is 0 Å². The molecule has 1 amide bonds. The number of amides is 1. The molecular weight excluding hydrogens is 324 g/mol. The summed E-state index contributed by atoms with van der Waals surface area (Å²) in [7, 11) is 0. The molecule has 0 aliphatic carbocycles. The Morgan fingerprint density at radius 1 is 1.00 bits per heavy atom. The van der Waals surface area contributed by atoms with Gasteiger partial charge in [-0.25, -0.2) is 0 Å². The van der Waals surface area contributed by atoms with Crippen LogP contribution in [-0.2, 0) is 6.54 Å². The fraction of sp³-hybridized carbons (Fsp3) is 0.190. The van der Waals surface area contributed by atoms with E-state index in [-0.39, 0.29) is 5.91 Å². The van der Waals surface area contributed by atoms with Gasteiger partial charge in [-0.3, -0.25) is 14.8 Å². The summed E-state index contributed by atoms with van der Waals surface area (Å²) in [5.41, 5.74) is 4.44. The van der Waals surface area contributed by atoms with Gasteiger partial charge in [0.25, 0.3) is 5.91 Å². The summed E-state index contributed by atoms with van der Waals surface area (Å²) in [6, 6.07) is 17.7. The first-order valence-electron chi connectivity index (χ1n) is 8.65. The van der Waals surface area contributed by atoms with Crippen molar-refractivity contribution < 1.29 is 4.79 Å². The van der Waals surface area contributed by atoms with Crippen molar-refractivity contribution >= 4 is 17.3 Å². The molecule has 132 valence electrons. The molecule has 0 fully saturated rings. The quantitative estimate of drug-likeness (QED) is 0.736. The Hall–Kier alpha value is -3.21. The van der Waals surface area contributed by atoms with Crippen LogP contribution in [0, 0.1) is 6.92 Å². The molecule has 0 atom stereocenters. The van der Waals surface area contributed by atoms with Crippen LogP contribution in [0.5, 0.6) is 0 Å². The van der Waals surface area contributed by atoms with Crippen LogP contribution in [0.15, 0.2) is 67.0 Å². The van der Waals surface area contributed by atoms with E-state index in [1.807, 2.05) is 36.4 Å². The van der Waals surface area contributed by atoms with E-state index in [9.17, 15) is 4.79 Å². The van der Waals surface area contributed by atoms with Crippen LogP contribution >= 0.6 is 0 Å². The Labute approximate surface area is 153 Å². The minimum Gasteiger partial charge on any atom is -0.345 e. The summed E-state index contributed by atoms with van der Waals surface area (Å²) in [4.78, 5) is 23.0. The first-order chi connectivity index (χ1) is 12.7. The lowest BCUT2D eigenvalue weighted by Gasteiger charge is -2.24. The van der Waals surface area contributed by atoms with Gasteiger partial charge in [0, 0.05) is 30.3 Å². The highest BCUT2D eigenvalue weighted by Gasteiger charge is 2.12. The van der Waals surface area contributed by atoms with Crippen LogP contribution < -0.4 is 10.2 Å². The number of hydrogen-bond donors (Lipinski definition) is 1. The Morgan fingerprint density at radius 3 is 2.58 bits per heavy atom. The van der Waals surface area contributed by atoms with E-state index in [1.165, 1.54) is 5.56 Å². The molecule has 5 nitrogen and oxygen atoms in total. The van der Waals surface area contributed by atoms with Crippen molar-refractivity contribution in [3.05, 3.63) is 83.9 Å². The van der Waals surface area contributed by atoms with Crippen LogP contribution in [0.4, 0.5) is 11.4 Å². The third-order valence-corrected chi connectivity index (χ3v) is 4.07. The molecule has 0 aliphatic rings. The Morgan fingerprint density at radius 2 is 1.85 bits per heavy atom. The summed E-state index contributed by atoms with van der Waals surface area (Å²) in [5, 5.41) is 2.87. The van der Waals surface area contributed by atoms with E-state index < -0.39 is 0 Å². The number of rotatable bonds is 6. The van der Waals surface area contributed by atoms with Crippen molar-refractivity contribution in [2.24, 2.45) is 0 Å². The molecule has 3 aromatic rings. The molecule has 5 heteroatoms. The molecule has 2 heterocycles. The van der Waals surface area contributed by atoms with Gasteiger partial charge in [0.2, 0.25) is 0 Å². The summed E-state index contributed by atoms with van der Waals surface area (Å²) in [5.74, 6) is -0.210. The first kappa shape index (κ1) is 17.6. The van der Waals surface area contributed by atoms with Gasteiger partial charge in [0.1, 0.15) is 5.69 Å².